The van der Waals surface area contributed by atoms with Gasteiger partial charge in [0.05, 0.1) is 16.1 Å². The number of halogens is 1. The number of fused-ring (bicyclic) bond motifs is 1. The molecular weight excluding hydrogens is 302 g/mol. The molecule has 0 N–H and O–H groups in total. The molecule has 0 aliphatic heterocycles. The van der Waals surface area contributed by atoms with Crippen molar-refractivity contribution in [3.05, 3.63) is 24.3 Å². The Bertz CT molecular complexity index is 359. The van der Waals surface area contributed by atoms with E-state index in [9.17, 15) is 0 Å². The molecule has 2 aromatic rings. The summed E-state index contributed by atoms with van der Waals surface area (Å²) in [6, 6.07) is 7.75. The number of hydrogen-bond donors (Lipinski definition) is 0. The van der Waals surface area contributed by atoms with Gasteiger partial charge in [-0.1, -0.05) is 17.3 Å². The van der Waals surface area contributed by atoms with E-state index in [2.05, 4.69) is 26.5 Å². The van der Waals surface area contributed by atoms with Gasteiger partial charge in [0.1, 0.15) is 11.0 Å². The molecule has 0 fully saturated rings. The number of benzene rings is 1. The van der Waals surface area contributed by atoms with Crippen molar-refractivity contribution >= 4 is 27.2 Å². The van der Waals surface area contributed by atoms with Gasteiger partial charge in [-0.2, -0.15) is 3.71 Å². The van der Waals surface area contributed by atoms with Crippen molar-refractivity contribution in [1.29, 1.82) is 0 Å². The van der Waals surface area contributed by atoms with Crippen LogP contribution >= 0.6 is 16.1 Å². The van der Waals surface area contributed by atoms with E-state index in [-0.39, 0.29) is 22.4 Å². The summed E-state index contributed by atoms with van der Waals surface area (Å²) in [5, 5.41) is 7.66. The molecule has 1 aromatic heterocycles. The fourth-order valence-corrected chi connectivity index (χ4v) is 1.21. The maximum Gasteiger partial charge on any atom is 1.00 e. The third-order valence-corrected chi connectivity index (χ3v) is 1.84. The zero-order valence-corrected chi connectivity index (χ0v) is 8.40. The van der Waals surface area contributed by atoms with Crippen LogP contribution in [0.2, 0.25) is 0 Å². The summed E-state index contributed by atoms with van der Waals surface area (Å²) in [5.74, 6) is 0. The van der Waals surface area contributed by atoms with Crippen LogP contribution in [0.5, 0.6) is 0 Å². The maximum atomic E-state index is 3.88. The Labute approximate surface area is 87.6 Å². The summed E-state index contributed by atoms with van der Waals surface area (Å²) >= 11 is 3.21. The maximum absolute atomic E-state index is 3.88. The van der Waals surface area contributed by atoms with Gasteiger partial charge in [0.2, 0.25) is 0 Å². The Morgan fingerprint density at radius 3 is 2.73 bits per heavy atom. The molecule has 0 radical (unpaired) electrons. The van der Waals surface area contributed by atoms with E-state index in [0.29, 0.717) is 0 Å². The van der Waals surface area contributed by atoms with E-state index in [4.69, 9.17) is 0 Å². The van der Waals surface area contributed by atoms with E-state index >= 15 is 0 Å². The van der Waals surface area contributed by atoms with Crippen LogP contribution in [-0.4, -0.2) is 14.0 Å². The van der Waals surface area contributed by atoms with Gasteiger partial charge < -0.3 is 0 Å². The number of hydrogen-bond acceptors (Lipinski definition) is 2. The number of para-hydroxylation sites is 1. The van der Waals surface area contributed by atoms with Gasteiger partial charge in [0, 0.05) is 0 Å². The van der Waals surface area contributed by atoms with Crippen LogP contribution in [0, 0.1) is 0 Å². The van der Waals surface area contributed by atoms with E-state index in [1.54, 1.807) is 3.71 Å². The molecule has 3 nitrogen and oxygen atoms in total. The van der Waals surface area contributed by atoms with Crippen molar-refractivity contribution in [3.8, 4) is 0 Å². The van der Waals surface area contributed by atoms with Gasteiger partial charge in [-0.05, 0) is 12.1 Å². The molecule has 0 amide bonds. The minimum Gasteiger partial charge on any atom is -0.177 e. The first kappa shape index (κ1) is 8.93. The van der Waals surface area contributed by atoms with Gasteiger partial charge in [-0.15, -0.1) is 5.10 Å². The van der Waals surface area contributed by atoms with Crippen LogP contribution in [-0.2, 0) is 22.4 Å². The largest absolute Gasteiger partial charge is 1.00 e. The molecular formula is C6H4AgBrN3+. The molecule has 11 heavy (non-hydrogen) atoms. The summed E-state index contributed by atoms with van der Waals surface area (Å²) in [5.41, 5.74) is 1.89. The quantitative estimate of drug-likeness (QED) is 0.692. The smallest absolute Gasteiger partial charge is 0.177 e. The van der Waals surface area contributed by atoms with Gasteiger partial charge in [-0.25, -0.2) is 0 Å². The number of aromatic nitrogens is 3. The minimum absolute atomic E-state index is 0. The molecule has 0 aliphatic rings. The SMILES string of the molecule is Brn1nnc2ccccc21.[Ag+]. The Kier molecular flexibility index (Phi) is 2.84. The minimum atomic E-state index is 0. The Morgan fingerprint density at radius 1 is 1.27 bits per heavy atom. The topological polar surface area (TPSA) is 30.7 Å². The fraction of sp³-hybridized carbons (Fsp3) is 0. The van der Waals surface area contributed by atoms with Crippen LogP contribution < -0.4 is 0 Å². The Hall–Kier alpha value is -0.160. The molecule has 0 atom stereocenters. The van der Waals surface area contributed by atoms with Crippen LogP contribution in [0.3, 0.4) is 0 Å². The molecule has 5 heteroatoms. The zero-order chi connectivity index (χ0) is 6.97. The van der Waals surface area contributed by atoms with Crippen LogP contribution in [0.1, 0.15) is 0 Å². The first-order chi connectivity index (χ1) is 4.88. The molecule has 1 aromatic carbocycles. The van der Waals surface area contributed by atoms with Crippen molar-refractivity contribution in [1.82, 2.24) is 14.0 Å². The van der Waals surface area contributed by atoms with Crippen LogP contribution in [0.4, 0.5) is 0 Å². The van der Waals surface area contributed by atoms with Crippen molar-refractivity contribution < 1.29 is 22.4 Å². The summed E-state index contributed by atoms with van der Waals surface area (Å²) in [4.78, 5) is 0. The molecule has 1 heterocycles. The first-order valence-electron chi connectivity index (χ1n) is 2.84. The second-order valence-corrected chi connectivity index (χ2v) is 2.61. The number of rotatable bonds is 0. The van der Waals surface area contributed by atoms with Crippen LogP contribution in [0.25, 0.3) is 11.0 Å². The molecule has 0 unspecified atom stereocenters. The molecule has 0 saturated heterocycles. The van der Waals surface area contributed by atoms with Crippen molar-refractivity contribution in [3.63, 3.8) is 0 Å². The van der Waals surface area contributed by atoms with Gasteiger partial charge >= 0.3 is 22.4 Å². The second-order valence-electron chi connectivity index (χ2n) is 1.94. The van der Waals surface area contributed by atoms with Crippen molar-refractivity contribution in [2.75, 3.05) is 0 Å². The monoisotopic (exact) mass is 304 g/mol. The average molecular weight is 306 g/mol. The molecule has 60 valence electrons. The van der Waals surface area contributed by atoms with E-state index in [1.165, 1.54) is 0 Å². The van der Waals surface area contributed by atoms with Crippen LogP contribution in [0.15, 0.2) is 24.3 Å². The Balaban J connectivity index is 0.000000605. The van der Waals surface area contributed by atoms with Crippen molar-refractivity contribution in [2.45, 2.75) is 0 Å². The van der Waals surface area contributed by atoms with Gasteiger partial charge in [0.25, 0.3) is 0 Å². The standard InChI is InChI=1S/C6H4BrN3.Ag/c7-10-6-4-2-1-3-5(6)8-9-10;/h1-4H;/q;+1. The molecule has 0 bridgehead atoms. The summed E-state index contributed by atoms with van der Waals surface area (Å²) < 4.78 is 1.57. The van der Waals surface area contributed by atoms with Crippen molar-refractivity contribution in [2.24, 2.45) is 0 Å². The fourth-order valence-electron chi connectivity index (χ4n) is 0.840. The Morgan fingerprint density at radius 2 is 2.00 bits per heavy atom. The van der Waals surface area contributed by atoms with Gasteiger partial charge in [-0.3, -0.25) is 0 Å². The first-order valence-corrected chi connectivity index (χ1v) is 3.55. The predicted octanol–water partition coefficient (Wildman–Crippen LogP) is 1.59. The normalized spacial score (nSPS) is 9.55. The predicted molar refractivity (Wildman–Crippen MR) is 41.9 cm³/mol. The third kappa shape index (κ3) is 1.54. The zero-order valence-electron chi connectivity index (χ0n) is 5.33. The summed E-state index contributed by atoms with van der Waals surface area (Å²) in [6.07, 6.45) is 0. The average Bonchev–Trinajstić information content (AvgIpc) is 2.34. The number of nitrogens with zero attached hydrogens (tertiary/aromatic N) is 3. The van der Waals surface area contributed by atoms with E-state index in [0.717, 1.165) is 11.0 Å². The van der Waals surface area contributed by atoms with E-state index in [1.807, 2.05) is 24.3 Å². The summed E-state index contributed by atoms with van der Waals surface area (Å²) in [6.45, 7) is 0. The second kappa shape index (κ2) is 3.49. The van der Waals surface area contributed by atoms with Gasteiger partial charge in [0.15, 0.2) is 0 Å². The molecule has 0 spiro atoms. The molecule has 0 saturated carbocycles. The molecule has 0 aliphatic carbocycles. The third-order valence-electron chi connectivity index (χ3n) is 1.31. The molecule has 2 rings (SSSR count). The van der Waals surface area contributed by atoms with E-state index < -0.39 is 0 Å². The summed E-state index contributed by atoms with van der Waals surface area (Å²) in [7, 11) is 0.